The van der Waals surface area contributed by atoms with Gasteiger partial charge in [-0.05, 0) is 24.1 Å². The van der Waals surface area contributed by atoms with Crippen LogP contribution in [0.4, 0.5) is 0 Å². The Morgan fingerprint density at radius 3 is 3.06 bits per heavy atom. The molecule has 0 radical (unpaired) electrons. The second-order valence-corrected chi connectivity index (χ2v) is 5.01. The molecule has 0 saturated carbocycles. The first-order valence-electron chi connectivity index (χ1n) is 5.43. The van der Waals surface area contributed by atoms with Crippen molar-refractivity contribution < 1.29 is 9.90 Å². The predicted molar refractivity (Wildman–Crippen MR) is 68.1 cm³/mol. The average molecular weight is 295 g/mol. The second kappa shape index (κ2) is 3.85. The quantitative estimate of drug-likeness (QED) is 0.755. The van der Waals surface area contributed by atoms with Crippen LogP contribution in [0.5, 0.6) is 0 Å². The Morgan fingerprint density at radius 2 is 2.29 bits per heavy atom. The van der Waals surface area contributed by atoms with E-state index in [0.717, 1.165) is 33.1 Å². The molecule has 3 rings (SSSR count). The molecule has 1 atom stereocenters. The highest BCUT2D eigenvalue weighted by molar-refractivity contribution is 9.10. The van der Waals surface area contributed by atoms with Crippen LogP contribution in [0.15, 0.2) is 22.7 Å². The van der Waals surface area contributed by atoms with Crippen molar-refractivity contribution in [1.82, 2.24) is 10.3 Å². The van der Waals surface area contributed by atoms with Crippen molar-refractivity contribution in [2.24, 2.45) is 0 Å². The van der Waals surface area contributed by atoms with E-state index < -0.39 is 12.0 Å². The van der Waals surface area contributed by atoms with Gasteiger partial charge in [0.25, 0.3) is 0 Å². The summed E-state index contributed by atoms with van der Waals surface area (Å²) >= 11 is 3.52. The molecule has 0 amide bonds. The van der Waals surface area contributed by atoms with Crippen LogP contribution in [-0.2, 0) is 11.2 Å². The van der Waals surface area contributed by atoms with Crippen molar-refractivity contribution in [1.29, 1.82) is 0 Å². The summed E-state index contributed by atoms with van der Waals surface area (Å²) in [5, 5.41) is 13.3. The minimum absolute atomic E-state index is 0.627. The van der Waals surface area contributed by atoms with E-state index >= 15 is 0 Å². The summed E-state index contributed by atoms with van der Waals surface area (Å²) in [4.78, 5) is 14.4. The zero-order chi connectivity index (χ0) is 12.0. The highest BCUT2D eigenvalue weighted by Crippen LogP contribution is 2.34. The fraction of sp³-hybridized carbons (Fsp3) is 0.250. The van der Waals surface area contributed by atoms with E-state index in [1.54, 1.807) is 0 Å². The molecular weight excluding hydrogens is 284 g/mol. The fourth-order valence-electron chi connectivity index (χ4n) is 2.45. The summed E-state index contributed by atoms with van der Waals surface area (Å²) in [6.07, 6.45) is 0.849. The number of carboxylic acid groups (broad SMARTS) is 1. The van der Waals surface area contributed by atoms with Crippen molar-refractivity contribution >= 4 is 32.8 Å². The summed E-state index contributed by atoms with van der Waals surface area (Å²) < 4.78 is 1.01. The molecule has 17 heavy (non-hydrogen) atoms. The highest BCUT2D eigenvalue weighted by atomic mass is 79.9. The van der Waals surface area contributed by atoms with E-state index in [2.05, 4.69) is 26.2 Å². The number of halogens is 1. The third kappa shape index (κ3) is 1.57. The Hall–Kier alpha value is -1.33. The van der Waals surface area contributed by atoms with Crippen molar-refractivity contribution in [2.75, 3.05) is 6.54 Å². The summed E-state index contributed by atoms with van der Waals surface area (Å²) in [5.41, 5.74) is 2.88. The molecule has 4 nitrogen and oxygen atoms in total. The number of hydrogen-bond donors (Lipinski definition) is 3. The molecule has 3 N–H and O–H groups in total. The van der Waals surface area contributed by atoms with Gasteiger partial charge < -0.3 is 10.1 Å². The van der Waals surface area contributed by atoms with Gasteiger partial charge in [-0.25, -0.2) is 0 Å². The van der Waals surface area contributed by atoms with E-state index in [-0.39, 0.29) is 0 Å². The fourth-order valence-corrected chi connectivity index (χ4v) is 3.06. The van der Waals surface area contributed by atoms with E-state index in [4.69, 9.17) is 0 Å². The molecule has 2 heterocycles. The molecule has 5 heteroatoms. The molecule has 88 valence electrons. The molecule has 1 aromatic carbocycles. The Kier molecular flexibility index (Phi) is 2.45. The lowest BCUT2D eigenvalue weighted by Gasteiger charge is -2.20. The normalized spacial score (nSPS) is 19.2. The van der Waals surface area contributed by atoms with Gasteiger partial charge in [-0.1, -0.05) is 22.0 Å². The van der Waals surface area contributed by atoms with Crippen LogP contribution in [-0.4, -0.2) is 22.6 Å². The number of aliphatic carboxylic acids is 1. The van der Waals surface area contributed by atoms with Gasteiger partial charge in [-0.2, -0.15) is 0 Å². The SMILES string of the molecule is O=C(O)C1NCCc2c1[nH]c1cccc(Br)c21. The molecule has 1 unspecified atom stereocenters. The molecule has 1 aliphatic rings. The van der Waals surface area contributed by atoms with Crippen LogP contribution in [0.2, 0.25) is 0 Å². The average Bonchev–Trinajstić information content (AvgIpc) is 2.67. The monoisotopic (exact) mass is 294 g/mol. The summed E-state index contributed by atoms with van der Waals surface area (Å²) in [6.45, 7) is 0.693. The number of carbonyl (C=O) groups is 1. The van der Waals surface area contributed by atoms with Crippen molar-refractivity contribution in [3.05, 3.63) is 33.9 Å². The van der Waals surface area contributed by atoms with Crippen LogP contribution in [0.3, 0.4) is 0 Å². The lowest BCUT2D eigenvalue weighted by atomic mass is 9.99. The van der Waals surface area contributed by atoms with Crippen LogP contribution in [0.1, 0.15) is 17.3 Å². The van der Waals surface area contributed by atoms with Gasteiger partial charge in [0, 0.05) is 27.6 Å². The molecule has 1 aliphatic heterocycles. The number of rotatable bonds is 1. The molecule has 0 bridgehead atoms. The number of fused-ring (bicyclic) bond motifs is 3. The summed E-state index contributed by atoms with van der Waals surface area (Å²) in [5.74, 6) is -0.839. The number of H-pyrrole nitrogens is 1. The summed E-state index contributed by atoms with van der Waals surface area (Å²) in [6, 6.07) is 5.27. The third-order valence-corrected chi connectivity index (χ3v) is 3.83. The van der Waals surface area contributed by atoms with Gasteiger partial charge in [-0.15, -0.1) is 0 Å². The molecule has 0 saturated heterocycles. The van der Waals surface area contributed by atoms with Crippen LogP contribution in [0, 0.1) is 0 Å². The summed E-state index contributed by atoms with van der Waals surface area (Å²) in [7, 11) is 0. The number of nitrogens with one attached hydrogen (secondary N) is 2. The largest absolute Gasteiger partial charge is 0.480 e. The molecular formula is C12H11BrN2O2. The Morgan fingerprint density at radius 1 is 1.47 bits per heavy atom. The van der Waals surface area contributed by atoms with Crippen molar-refractivity contribution in [3.8, 4) is 0 Å². The van der Waals surface area contributed by atoms with Crippen LogP contribution in [0.25, 0.3) is 10.9 Å². The smallest absolute Gasteiger partial charge is 0.326 e. The van der Waals surface area contributed by atoms with Gasteiger partial charge in [0.2, 0.25) is 0 Å². The Bertz CT molecular complexity index is 606. The van der Waals surface area contributed by atoms with Gasteiger partial charge in [0.1, 0.15) is 6.04 Å². The van der Waals surface area contributed by atoms with Crippen LogP contribution >= 0.6 is 15.9 Å². The topological polar surface area (TPSA) is 65.1 Å². The zero-order valence-electron chi connectivity index (χ0n) is 8.96. The first-order chi connectivity index (χ1) is 8.18. The van der Waals surface area contributed by atoms with E-state index in [1.807, 2.05) is 18.2 Å². The van der Waals surface area contributed by atoms with Gasteiger partial charge in [0.05, 0.1) is 0 Å². The third-order valence-electron chi connectivity index (χ3n) is 3.17. The van der Waals surface area contributed by atoms with Gasteiger partial charge in [-0.3, -0.25) is 10.1 Å². The molecule has 0 aliphatic carbocycles. The standard InChI is InChI=1S/C12H11BrN2O2/c13-7-2-1-3-8-9(7)6-4-5-14-11(12(16)17)10(6)15-8/h1-3,11,14-15H,4-5H2,(H,16,17). The zero-order valence-corrected chi connectivity index (χ0v) is 10.5. The molecule has 0 spiro atoms. The first-order valence-corrected chi connectivity index (χ1v) is 6.23. The van der Waals surface area contributed by atoms with E-state index in [1.165, 1.54) is 0 Å². The minimum Gasteiger partial charge on any atom is -0.480 e. The lowest BCUT2D eigenvalue weighted by Crippen LogP contribution is -2.34. The second-order valence-electron chi connectivity index (χ2n) is 4.15. The number of benzene rings is 1. The maximum absolute atomic E-state index is 11.2. The lowest BCUT2D eigenvalue weighted by molar-refractivity contribution is -0.139. The molecule has 0 fully saturated rings. The number of aromatic amines is 1. The number of aromatic nitrogens is 1. The maximum Gasteiger partial charge on any atom is 0.326 e. The Labute approximate surface area is 106 Å². The van der Waals surface area contributed by atoms with Gasteiger partial charge >= 0.3 is 5.97 Å². The van der Waals surface area contributed by atoms with Crippen LogP contribution < -0.4 is 5.32 Å². The minimum atomic E-state index is -0.839. The maximum atomic E-state index is 11.2. The van der Waals surface area contributed by atoms with E-state index in [9.17, 15) is 9.90 Å². The van der Waals surface area contributed by atoms with Crippen molar-refractivity contribution in [2.45, 2.75) is 12.5 Å². The number of hydrogen-bond acceptors (Lipinski definition) is 2. The molecule has 2 aromatic rings. The highest BCUT2D eigenvalue weighted by Gasteiger charge is 2.29. The Balaban J connectivity index is 2.29. The van der Waals surface area contributed by atoms with Gasteiger partial charge in [0.15, 0.2) is 0 Å². The van der Waals surface area contributed by atoms with E-state index in [0.29, 0.717) is 6.54 Å². The number of carboxylic acids is 1. The molecule has 1 aromatic heterocycles. The van der Waals surface area contributed by atoms with Crippen molar-refractivity contribution in [3.63, 3.8) is 0 Å². The first kappa shape index (κ1) is 10.8. The predicted octanol–water partition coefficient (Wildman–Crippen LogP) is 2.20.